The minimum absolute atomic E-state index is 0.0718. The molecule has 0 aromatic heterocycles. The normalized spacial score (nSPS) is 12.0. The van der Waals surface area contributed by atoms with Gasteiger partial charge in [0.1, 0.15) is 6.10 Å². The van der Waals surface area contributed by atoms with Crippen LogP contribution in [0, 0.1) is 0 Å². The van der Waals surface area contributed by atoms with Crippen LogP contribution in [-0.4, -0.2) is 24.6 Å². The molecule has 202 valence electrons. The van der Waals surface area contributed by atoms with E-state index in [0.717, 1.165) is 38.5 Å². The molecule has 0 N–H and O–H groups in total. The Hall–Kier alpha value is -1.06. The summed E-state index contributed by atoms with van der Waals surface area (Å²) in [5.74, 6) is -0.224. The Bertz CT molecular complexity index is 449. The lowest BCUT2D eigenvalue weighted by molar-refractivity contribution is -0.150. The number of hydrogen-bond acceptors (Lipinski definition) is 4. The van der Waals surface area contributed by atoms with Crippen molar-refractivity contribution in [3.05, 3.63) is 0 Å². The molecule has 0 aliphatic heterocycles. The molecule has 0 saturated carbocycles. The summed E-state index contributed by atoms with van der Waals surface area (Å²) in [5.41, 5.74) is 0. The number of esters is 2. The van der Waals surface area contributed by atoms with Crippen LogP contribution in [0.4, 0.5) is 0 Å². The van der Waals surface area contributed by atoms with Gasteiger partial charge in [-0.05, 0) is 44.9 Å². The molecule has 0 bridgehead atoms. The van der Waals surface area contributed by atoms with Crippen LogP contribution in [-0.2, 0) is 19.1 Å². The Morgan fingerprint density at radius 1 is 0.500 bits per heavy atom. The highest BCUT2D eigenvalue weighted by Crippen LogP contribution is 2.17. The third kappa shape index (κ3) is 24.1. The fraction of sp³-hybridized carbons (Fsp3) is 0.933. The highest BCUT2D eigenvalue weighted by atomic mass is 16.5. The second-order valence-corrected chi connectivity index (χ2v) is 10.1. The zero-order valence-corrected chi connectivity index (χ0v) is 23.2. The van der Waals surface area contributed by atoms with Crippen LogP contribution < -0.4 is 0 Å². The Morgan fingerprint density at radius 2 is 0.912 bits per heavy atom. The lowest BCUT2D eigenvalue weighted by atomic mass is 10.0. The predicted octanol–water partition coefficient (Wildman–Crippen LogP) is 9.47. The predicted molar refractivity (Wildman–Crippen MR) is 144 cm³/mol. The molecule has 1 atom stereocenters. The van der Waals surface area contributed by atoms with Crippen LogP contribution in [0.25, 0.3) is 0 Å². The first-order valence-electron chi connectivity index (χ1n) is 15.0. The van der Waals surface area contributed by atoms with Crippen molar-refractivity contribution in [3.8, 4) is 0 Å². The first kappa shape index (κ1) is 32.9. The average Bonchev–Trinajstić information content (AvgIpc) is 2.83. The van der Waals surface area contributed by atoms with Gasteiger partial charge < -0.3 is 9.47 Å². The monoisotopic (exact) mass is 482 g/mol. The molecule has 0 radical (unpaired) electrons. The highest BCUT2D eigenvalue weighted by molar-refractivity contribution is 5.70. The summed E-state index contributed by atoms with van der Waals surface area (Å²) in [6, 6.07) is 0. The van der Waals surface area contributed by atoms with Crippen molar-refractivity contribution in [2.45, 2.75) is 175 Å². The number of carbonyl (C=O) groups excluding carboxylic acids is 2. The van der Waals surface area contributed by atoms with Crippen LogP contribution in [0.15, 0.2) is 0 Å². The van der Waals surface area contributed by atoms with Crippen LogP contribution in [0.2, 0.25) is 0 Å². The largest absolute Gasteiger partial charge is 0.466 e. The zero-order valence-electron chi connectivity index (χ0n) is 23.2. The molecule has 0 aromatic rings. The van der Waals surface area contributed by atoms with Crippen LogP contribution >= 0.6 is 0 Å². The molecular formula is C30H58O4. The third-order valence-electron chi connectivity index (χ3n) is 6.58. The molecular weight excluding hydrogens is 424 g/mol. The quantitative estimate of drug-likeness (QED) is 0.0909. The number of carbonyl (C=O) groups is 2. The molecule has 4 nitrogen and oxygen atoms in total. The van der Waals surface area contributed by atoms with E-state index < -0.39 is 0 Å². The van der Waals surface area contributed by atoms with Gasteiger partial charge in [-0.3, -0.25) is 9.59 Å². The maximum Gasteiger partial charge on any atom is 0.306 e. The summed E-state index contributed by atoms with van der Waals surface area (Å²) in [7, 11) is 0. The van der Waals surface area contributed by atoms with E-state index in [9.17, 15) is 9.59 Å². The van der Waals surface area contributed by atoms with E-state index in [0.29, 0.717) is 32.3 Å². The van der Waals surface area contributed by atoms with Crippen LogP contribution in [0.1, 0.15) is 168 Å². The molecule has 0 aromatic carbocycles. The van der Waals surface area contributed by atoms with Crippen molar-refractivity contribution in [1.29, 1.82) is 0 Å². The average molecular weight is 483 g/mol. The molecule has 0 aliphatic rings. The second-order valence-electron chi connectivity index (χ2n) is 10.1. The van der Waals surface area contributed by atoms with E-state index in [4.69, 9.17) is 9.47 Å². The van der Waals surface area contributed by atoms with Crippen molar-refractivity contribution >= 4 is 11.9 Å². The summed E-state index contributed by atoms with van der Waals surface area (Å²) in [5, 5.41) is 0. The van der Waals surface area contributed by atoms with Gasteiger partial charge in [0.15, 0.2) is 0 Å². The van der Waals surface area contributed by atoms with E-state index in [1.807, 2.05) is 0 Å². The second kappa shape index (κ2) is 26.5. The van der Waals surface area contributed by atoms with Gasteiger partial charge in [0, 0.05) is 12.8 Å². The van der Waals surface area contributed by atoms with E-state index in [1.54, 1.807) is 0 Å². The first-order chi connectivity index (χ1) is 16.6. The van der Waals surface area contributed by atoms with Gasteiger partial charge in [0.2, 0.25) is 0 Å². The number of rotatable bonds is 26. The molecule has 1 unspecified atom stereocenters. The summed E-state index contributed by atoms with van der Waals surface area (Å²) < 4.78 is 11.2. The van der Waals surface area contributed by atoms with Gasteiger partial charge >= 0.3 is 11.9 Å². The summed E-state index contributed by atoms with van der Waals surface area (Å²) >= 11 is 0. The number of ether oxygens (including phenoxy) is 2. The van der Waals surface area contributed by atoms with Gasteiger partial charge in [-0.1, -0.05) is 111 Å². The van der Waals surface area contributed by atoms with Gasteiger partial charge in [-0.2, -0.15) is 0 Å². The van der Waals surface area contributed by atoms with E-state index >= 15 is 0 Å². The third-order valence-corrected chi connectivity index (χ3v) is 6.58. The molecule has 0 saturated heterocycles. The Kier molecular flexibility index (Phi) is 25.7. The van der Waals surface area contributed by atoms with Gasteiger partial charge in [0.25, 0.3) is 0 Å². The van der Waals surface area contributed by atoms with Crippen molar-refractivity contribution in [1.82, 2.24) is 0 Å². The molecule has 0 aliphatic carbocycles. The molecule has 4 heteroatoms. The maximum absolute atomic E-state index is 12.3. The zero-order chi connectivity index (χ0) is 25.1. The van der Waals surface area contributed by atoms with Crippen molar-refractivity contribution < 1.29 is 19.1 Å². The Balaban J connectivity index is 3.84. The van der Waals surface area contributed by atoms with E-state index in [1.165, 1.54) is 83.5 Å². The van der Waals surface area contributed by atoms with E-state index in [-0.39, 0.29) is 18.0 Å². The molecule has 0 fully saturated rings. The SMILES string of the molecule is CCCCCCCCCCOC(=O)CCCCC(=O)OC(CCCCCC)CCCCCCC. The van der Waals surface area contributed by atoms with Crippen molar-refractivity contribution in [2.75, 3.05) is 6.61 Å². The topological polar surface area (TPSA) is 52.6 Å². The molecule has 0 rings (SSSR count). The minimum atomic E-state index is -0.128. The summed E-state index contributed by atoms with van der Waals surface area (Å²) in [4.78, 5) is 24.2. The maximum atomic E-state index is 12.3. The number of unbranched alkanes of at least 4 members (excludes halogenated alkanes) is 15. The molecule has 0 amide bonds. The lowest BCUT2D eigenvalue weighted by Crippen LogP contribution is -2.18. The Morgan fingerprint density at radius 3 is 1.44 bits per heavy atom. The summed E-state index contributed by atoms with van der Waals surface area (Å²) in [6.07, 6.45) is 25.3. The van der Waals surface area contributed by atoms with Crippen LogP contribution in [0.5, 0.6) is 0 Å². The van der Waals surface area contributed by atoms with Gasteiger partial charge in [-0.15, -0.1) is 0 Å². The van der Waals surface area contributed by atoms with E-state index in [2.05, 4.69) is 20.8 Å². The van der Waals surface area contributed by atoms with Gasteiger partial charge in [-0.25, -0.2) is 0 Å². The molecule has 0 spiro atoms. The smallest absolute Gasteiger partial charge is 0.306 e. The molecule has 34 heavy (non-hydrogen) atoms. The van der Waals surface area contributed by atoms with Crippen LogP contribution in [0.3, 0.4) is 0 Å². The minimum Gasteiger partial charge on any atom is -0.466 e. The van der Waals surface area contributed by atoms with Crippen molar-refractivity contribution in [3.63, 3.8) is 0 Å². The Labute approximate surface area is 212 Å². The molecule has 0 heterocycles. The van der Waals surface area contributed by atoms with Crippen molar-refractivity contribution in [2.24, 2.45) is 0 Å². The van der Waals surface area contributed by atoms with Gasteiger partial charge in [0.05, 0.1) is 6.61 Å². The first-order valence-corrected chi connectivity index (χ1v) is 15.0. The lowest BCUT2D eigenvalue weighted by Gasteiger charge is -2.18. The highest BCUT2D eigenvalue weighted by Gasteiger charge is 2.14. The standard InChI is InChI=1S/C30H58O4/c1-4-7-10-13-14-15-17-22-27-33-29(31)25-20-21-26-30(32)34-28(23-18-12-9-6-3)24-19-16-11-8-5-2/h28H,4-27H2,1-3H3. The fourth-order valence-corrected chi connectivity index (χ4v) is 4.31. The fourth-order valence-electron chi connectivity index (χ4n) is 4.31. The number of hydrogen-bond donors (Lipinski definition) is 0. The summed E-state index contributed by atoms with van der Waals surface area (Å²) in [6.45, 7) is 7.23.